The molecular formula is C38H45FN6O5. The maximum atomic E-state index is 14.0. The van der Waals surface area contributed by atoms with Crippen molar-refractivity contribution in [1.82, 2.24) is 19.4 Å². The Balaban J connectivity index is 1.11. The number of rotatable bonds is 14. The number of carbonyl (C=O) groups is 1. The third-order valence-electron chi connectivity index (χ3n) is 10.1. The Kier molecular flexibility index (Phi) is 11.0. The van der Waals surface area contributed by atoms with Crippen LogP contribution in [0.15, 0.2) is 60.7 Å². The Hall–Kier alpha value is -4.86. The fourth-order valence-corrected chi connectivity index (χ4v) is 7.36. The van der Waals surface area contributed by atoms with Gasteiger partial charge in [0.1, 0.15) is 12.4 Å². The van der Waals surface area contributed by atoms with E-state index in [9.17, 15) is 9.18 Å². The average Bonchev–Trinajstić information content (AvgIpc) is 3.74. The molecular weight excluding hydrogens is 639 g/mol. The Morgan fingerprint density at radius 2 is 1.72 bits per heavy atom. The molecule has 0 bridgehead atoms. The van der Waals surface area contributed by atoms with E-state index in [1.54, 1.807) is 12.1 Å². The highest BCUT2D eigenvalue weighted by atomic mass is 19.1. The first-order valence-corrected chi connectivity index (χ1v) is 17.1. The molecule has 0 radical (unpaired) electrons. The Morgan fingerprint density at radius 1 is 1.00 bits per heavy atom. The zero-order chi connectivity index (χ0) is 35.1. The lowest BCUT2D eigenvalue weighted by molar-refractivity contribution is 0.0779. The van der Waals surface area contributed by atoms with Crippen LogP contribution in [0.25, 0.3) is 11.0 Å². The van der Waals surface area contributed by atoms with Gasteiger partial charge >= 0.3 is 0 Å². The number of halogens is 1. The van der Waals surface area contributed by atoms with Crippen molar-refractivity contribution in [3.63, 3.8) is 0 Å². The van der Waals surface area contributed by atoms with Gasteiger partial charge in [0.15, 0.2) is 11.5 Å². The van der Waals surface area contributed by atoms with E-state index in [1.807, 2.05) is 41.3 Å². The fraction of sp³-hybridized carbons (Fsp3) is 0.447. The summed E-state index contributed by atoms with van der Waals surface area (Å²) < 4.78 is 38.1. The van der Waals surface area contributed by atoms with Crippen LogP contribution in [0.5, 0.6) is 17.2 Å². The molecule has 1 unspecified atom stereocenters. The number of methoxy groups -OCH3 is 3. The molecule has 2 saturated heterocycles. The molecule has 50 heavy (non-hydrogen) atoms. The standard InChI is InChI=1S/C38H45FN6O5/c1-47-33-24-27(25-34(48-2)35(33)49-3)36(46)44-20-15-38(26-44,28-8-10-29(39)11-9-28)14-19-43-17-12-30(13-18-43)41-37-42-31-6-4-5-7-32(31)45(37)21-23-50-22-16-40/h4-11,24-25,30H,12-15,17-23,26H2,1-3H3,(H,41,42). The van der Waals surface area contributed by atoms with Crippen LogP contribution in [0.1, 0.15) is 41.6 Å². The van der Waals surface area contributed by atoms with Gasteiger partial charge in [-0.15, -0.1) is 0 Å². The van der Waals surface area contributed by atoms with E-state index in [-0.39, 0.29) is 29.8 Å². The number of hydrogen-bond acceptors (Lipinski definition) is 9. The van der Waals surface area contributed by atoms with Gasteiger partial charge in [0, 0.05) is 49.7 Å². The van der Waals surface area contributed by atoms with Gasteiger partial charge in [-0.05, 0) is 74.2 Å². The van der Waals surface area contributed by atoms with Crippen LogP contribution in [0.2, 0.25) is 0 Å². The first-order valence-electron chi connectivity index (χ1n) is 17.1. The van der Waals surface area contributed by atoms with Crippen LogP contribution >= 0.6 is 0 Å². The number of fused-ring (bicyclic) bond motifs is 1. The summed E-state index contributed by atoms with van der Waals surface area (Å²) >= 11 is 0. The first kappa shape index (κ1) is 35.0. The number of nitriles is 1. The monoisotopic (exact) mass is 684 g/mol. The number of nitrogens with zero attached hydrogens (tertiary/aromatic N) is 5. The molecule has 3 heterocycles. The van der Waals surface area contributed by atoms with E-state index in [2.05, 4.69) is 20.9 Å². The number of hydrogen-bond donors (Lipinski definition) is 1. The number of ether oxygens (including phenoxy) is 4. The molecule has 1 N–H and O–H groups in total. The summed E-state index contributed by atoms with van der Waals surface area (Å²) in [5.74, 6) is 1.74. The minimum absolute atomic E-state index is 0.0672. The van der Waals surface area contributed by atoms with Crippen molar-refractivity contribution in [3.05, 3.63) is 77.6 Å². The highest BCUT2D eigenvalue weighted by Crippen LogP contribution is 2.41. The molecule has 0 saturated carbocycles. The molecule has 2 aliphatic heterocycles. The highest BCUT2D eigenvalue weighted by Gasteiger charge is 2.42. The lowest BCUT2D eigenvalue weighted by Gasteiger charge is -2.36. The summed E-state index contributed by atoms with van der Waals surface area (Å²) in [6.07, 6.45) is 3.54. The molecule has 2 aliphatic rings. The van der Waals surface area contributed by atoms with Gasteiger partial charge < -0.3 is 38.6 Å². The minimum atomic E-state index is -0.308. The highest BCUT2D eigenvalue weighted by molar-refractivity contribution is 5.96. The molecule has 3 aromatic carbocycles. The van der Waals surface area contributed by atoms with Crippen LogP contribution in [-0.2, 0) is 16.7 Å². The zero-order valence-electron chi connectivity index (χ0n) is 29.0. The SMILES string of the molecule is COc1cc(C(=O)N2CCC(CCN3CCC(Nc4nc5ccccc5n4CCOCC#N)CC3)(c3ccc(F)cc3)C2)cc(OC)c1OC. The number of para-hydroxylation sites is 2. The van der Waals surface area contributed by atoms with Crippen molar-refractivity contribution in [2.45, 2.75) is 43.7 Å². The number of carbonyl (C=O) groups excluding carboxylic acids is 1. The zero-order valence-corrected chi connectivity index (χ0v) is 29.0. The van der Waals surface area contributed by atoms with Gasteiger partial charge in [0.2, 0.25) is 11.7 Å². The number of nitrogens with one attached hydrogen (secondary N) is 1. The topological polar surface area (TPSA) is 114 Å². The molecule has 264 valence electrons. The second-order valence-corrected chi connectivity index (χ2v) is 13.0. The van der Waals surface area contributed by atoms with E-state index in [0.29, 0.717) is 49.1 Å². The molecule has 11 nitrogen and oxygen atoms in total. The first-order chi connectivity index (χ1) is 24.4. The second-order valence-electron chi connectivity index (χ2n) is 13.0. The molecule has 0 aliphatic carbocycles. The quantitative estimate of drug-likeness (QED) is 0.172. The van der Waals surface area contributed by atoms with Gasteiger partial charge in [-0.2, -0.15) is 5.26 Å². The van der Waals surface area contributed by atoms with Gasteiger partial charge in [0.25, 0.3) is 5.91 Å². The third-order valence-corrected chi connectivity index (χ3v) is 10.1. The molecule has 1 amide bonds. The molecule has 12 heteroatoms. The number of benzene rings is 3. The van der Waals surface area contributed by atoms with E-state index in [4.69, 9.17) is 29.2 Å². The van der Waals surface area contributed by atoms with Crippen LogP contribution in [0, 0.1) is 17.1 Å². The number of aromatic nitrogens is 2. The molecule has 1 aromatic heterocycles. The minimum Gasteiger partial charge on any atom is -0.493 e. The number of piperidine rings is 1. The lowest BCUT2D eigenvalue weighted by Crippen LogP contribution is -2.42. The lowest BCUT2D eigenvalue weighted by atomic mass is 9.76. The molecule has 1 atom stereocenters. The van der Waals surface area contributed by atoms with Crippen molar-refractivity contribution in [1.29, 1.82) is 5.26 Å². The number of imidazole rings is 1. The van der Waals surface area contributed by atoms with Crippen molar-refractivity contribution in [2.75, 3.05) is 72.6 Å². The summed E-state index contributed by atoms with van der Waals surface area (Å²) in [5.41, 5.74) is 3.17. The van der Waals surface area contributed by atoms with Crippen LogP contribution < -0.4 is 19.5 Å². The van der Waals surface area contributed by atoms with Crippen molar-refractivity contribution in [2.24, 2.45) is 0 Å². The van der Waals surface area contributed by atoms with E-state index in [1.165, 1.54) is 33.5 Å². The maximum absolute atomic E-state index is 14.0. The smallest absolute Gasteiger partial charge is 0.254 e. The Bertz CT molecular complexity index is 1790. The summed E-state index contributed by atoms with van der Waals surface area (Å²) in [7, 11) is 4.60. The van der Waals surface area contributed by atoms with Crippen molar-refractivity contribution < 1.29 is 28.1 Å². The number of likely N-dealkylation sites (tertiary alicyclic amines) is 2. The normalized spacial score (nSPS) is 18.3. The Labute approximate surface area is 292 Å². The average molecular weight is 685 g/mol. The van der Waals surface area contributed by atoms with Gasteiger partial charge in [-0.3, -0.25) is 4.79 Å². The van der Waals surface area contributed by atoms with Crippen molar-refractivity contribution in [3.8, 4) is 23.3 Å². The summed E-state index contributed by atoms with van der Waals surface area (Å²) in [5, 5.41) is 12.5. The Morgan fingerprint density at radius 3 is 2.40 bits per heavy atom. The van der Waals surface area contributed by atoms with E-state index >= 15 is 0 Å². The molecule has 0 spiro atoms. The van der Waals surface area contributed by atoms with Crippen LogP contribution in [0.4, 0.5) is 10.3 Å². The fourth-order valence-electron chi connectivity index (χ4n) is 7.36. The predicted octanol–water partition coefficient (Wildman–Crippen LogP) is 5.49. The molecule has 2 fully saturated rings. The third kappa shape index (κ3) is 7.49. The number of anilines is 1. The van der Waals surface area contributed by atoms with Gasteiger partial charge in [-0.25, -0.2) is 9.37 Å². The summed E-state index contributed by atoms with van der Waals surface area (Å²) in [4.78, 5) is 23.1. The van der Waals surface area contributed by atoms with Gasteiger partial charge in [0.05, 0.1) is 45.0 Å². The molecule has 6 rings (SSSR count). The second kappa shape index (κ2) is 15.8. The maximum Gasteiger partial charge on any atom is 0.254 e. The largest absolute Gasteiger partial charge is 0.493 e. The summed E-state index contributed by atoms with van der Waals surface area (Å²) in [6.45, 7) is 4.94. The predicted molar refractivity (Wildman–Crippen MR) is 189 cm³/mol. The number of amides is 1. The van der Waals surface area contributed by atoms with Gasteiger partial charge in [-0.1, -0.05) is 24.3 Å². The van der Waals surface area contributed by atoms with E-state index in [0.717, 1.165) is 67.9 Å². The van der Waals surface area contributed by atoms with Crippen molar-refractivity contribution >= 4 is 22.9 Å². The van der Waals surface area contributed by atoms with Crippen LogP contribution in [-0.4, -0.2) is 98.6 Å². The summed E-state index contributed by atoms with van der Waals surface area (Å²) in [6, 6.07) is 20.5. The van der Waals surface area contributed by atoms with Crippen LogP contribution in [0.3, 0.4) is 0 Å². The van der Waals surface area contributed by atoms with E-state index < -0.39 is 0 Å². The molecule has 4 aromatic rings.